The molecular formula is C8H10N6. The van der Waals surface area contributed by atoms with Gasteiger partial charge in [0.05, 0.1) is 12.2 Å². The van der Waals surface area contributed by atoms with E-state index in [4.69, 9.17) is 5.84 Å². The lowest BCUT2D eigenvalue weighted by molar-refractivity contribution is 0.616. The van der Waals surface area contributed by atoms with E-state index in [9.17, 15) is 0 Å². The predicted molar refractivity (Wildman–Crippen MR) is 49.8 cm³/mol. The Bertz CT molecular complexity index is 370. The van der Waals surface area contributed by atoms with Gasteiger partial charge in [-0.05, 0) is 11.6 Å². The second kappa shape index (κ2) is 3.95. The number of nitrogens with two attached hydrogens (primary N) is 1. The maximum atomic E-state index is 5.44. The van der Waals surface area contributed by atoms with Crippen molar-refractivity contribution in [3.05, 3.63) is 42.0 Å². The van der Waals surface area contributed by atoms with Crippen LogP contribution in [0.4, 0.5) is 0 Å². The average molecular weight is 190 g/mol. The second-order valence-corrected chi connectivity index (χ2v) is 2.78. The summed E-state index contributed by atoms with van der Waals surface area (Å²) in [7, 11) is 0. The molecule has 0 saturated heterocycles. The van der Waals surface area contributed by atoms with Crippen LogP contribution in [0.1, 0.15) is 17.3 Å². The normalized spacial score (nSPS) is 12.6. The van der Waals surface area contributed by atoms with Crippen LogP contribution < -0.4 is 11.3 Å². The van der Waals surface area contributed by atoms with Gasteiger partial charge in [-0.15, -0.1) is 0 Å². The molecule has 0 aromatic carbocycles. The lowest BCUT2D eigenvalue weighted by atomic mass is 10.1. The number of H-pyrrole nitrogens is 1. The molecule has 0 aliphatic heterocycles. The molecule has 0 fully saturated rings. The summed E-state index contributed by atoms with van der Waals surface area (Å²) in [5.41, 5.74) is 4.34. The number of rotatable bonds is 3. The number of nitrogens with zero attached hydrogens (tertiary/aromatic N) is 3. The summed E-state index contributed by atoms with van der Waals surface area (Å²) in [4.78, 5) is 4.01. The number of aromatic amines is 1. The van der Waals surface area contributed by atoms with Crippen molar-refractivity contribution in [3.63, 3.8) is 0 Å². The molecule has 0 aliphatic carbocycles. The third-order valence-corrected chi connectivity index (χ3v) is 1.91. The van der Waals surface area contributed by atoms with Crippen LogP contribution in [0.15, 0.2) is 30.7 Å². The first-order valence-corrected chi connectivity index (χ1v) is 4.13. The average Bonchev–Trinajstić information content (AvgIpc) is 2.74. The quantitative estimate of drug-likeness (QED) is 0.458. The highest BCUT2D eigenvalue weighted by Crippen LogP contribution is 2.16. The van der Waals surface area contributed by atoms with Crippen LogP contribution in [-0.4, -0.2) is 20.4 Å². The highest BCUT2D eigenvalue weighted by Gasteiger charge is 2.14. The Morgan fingerprint density at radius 1 is 1.43 bits per heavy atom. The first kappa shape index (κ1) is 8.79. The molecule has 1 atom stereocenters. The van der Waals surface area contributed by atoms with E-state index < -0.39 is 0 Å². The van der Waals surface area contributed by atoms with Crippen molar-refractivity contribution >= 4 is 0 Å². The van der Waals surface area contributed by atoms with Crippen molar-refractivity contribution in [3.8, 4) is 0 Å². The van der Waals surface area contributed by atoms with E-state index in [1.54, 1.807) is 18.6 Å². The minimum Gasteiger partial charge on any atom is -0.271 e. The lowest BCUT2D eigenvalue weighted by Crippen LogP contribution is -2.29. The van der Waals surface area contributed by atoms with E-state index >= 15 is 0 Å². The molecule has 2 aromatic rings. The minimum absolute atomic E-state index is 0.178. The number of aromatic nitrogens is 4. The molecule has 6 heteroatoms. The third-order valence-electron chi connectivity index (χ3n) is 1.91. The Balaban J connectivity index is 2.31. The summed E-state index contributed by atoms with van der Waals surface area (Å²) in [5.74, 6) is 5.44. The number of pyridine rings is 1. The molecule has 2 heterocycles. The van der Waals surface area contributed by atoms with Gasteiger partial charge >= 0.3 is 0 Å². The molecule has 0 aliphatic rings. The predicted octanol–water partition coefficient (Wildman–Crippen LogP) is -0.248. The zero-order valence-electron chi connectivity index (χ0n) is 7.38. The zero-order valence-corrected chi connectivity index (χ0v) is 7.38. The molecule has 14 heavy (non-hydrogen) atoms. The molecule has 6 nitrogen and oxygen atoms in total. The maximum absolute atomic E-state index is 5.44. The maximum Gasteiger partial charge on any atom is 0.105 e. The largest absolute Gasteiger partial charge is 0.271 e. The highest BCUT2D eigenvalue weighted by molar-refractivity contribution is 5.22. The fourth-order valence-electron chi connectivity index (χ4n) is 1.25. The van der Waals surface area contributed by atoms with Crippen LogP contribution in [0.3, 0.4) is 0 Å². The van der Waals surface area contributed by atoms with E-state index in [2.05, 4.69) is 25.8 Å². The molecule has 1 unspecified atom stereocenters. The van der Waals surface area contributed by atoms with Gasteiger partial charge in [0.2, 0.25) is 0 Å². The fraction of sp³-hybridized carbons (Fsp3) is 0.125. The molecule has 0 radical (unpaired) electrons. The molecule has 72 valence electrons. The summed E-state index contributed by atoms with van der Waals surface area (Å²) >= 11 is 0. The minimum atomic E-state index is -0.178. The molecule has 0 saturated carbocycles. The van der Waals surface area contributed by atoms with Crippen LogP contribution in [0.25, 0.3) is 0 Å². The first-order chi connectivity index (χ1) is 6.92. The van der Waals surface area contributed by atoms with Crippen LogP contribution in [0.2, 0.25) is 0 Å². The van der Waals surface area contributed by atoms with Crippen LogP contribution in [0.5, 0.6) is 0 Å². The van der Waals surface area contributed by atoms with E-state index in [1.165, 1.54) is 0 Å². The van der Waals surface area contributed by atoms with Crippen molar-refractivity contribution in [2.75, 3.05) is 0 Å². The summed E-state index contributed by atoms with van der Waals surface area (Å²) in [5, 5.41) is 10.2. The van der Waals surface area contributed by atoms with Gasteiger partial charge in [-0.3, -0.25) is 10.8 Å². The van der Waals surface area contributed by atoms with Crippen molar-refractivity contribution in [2.24, 2.45) is 5.84 Å². The monoisotopic (exact) mass is 190 g/mol. The van der Waals surface area contributed by atoms with Crippen LogP contribution in [-0.2, 0) is 0 Å². The Labute approximate surface area is 80.5 Å². The molecule has 0 spiro atoms. The van der Waals surface area contributed by atoms with Gasteiger partial charge in [0.25, 0.3) is 0 Å². The standard InChI is InChI=1S/C8H10N6/c9-12-8(7-5-11-14-13-7)6-2-1-3-10-4-6/h1-5,8,12H,9H2,(H,11,13,14). The van der Waals surface area contributed by atoms with Crippen molar-refractivity contribution in [1.29, 1.82) is 0 Å². The Morgan fingerprint density at radius 3 is 2.93 bits per heavy atom. The van der Waals surface area contributed by atoms with Crippen LogP contribution >= 0.6 is 0 Å². The van der Waals surface area contributed by atoms with Gasteiger partial charge in [0.1, 0.15) is 5.69 Å². The van der Waals surface area contributed by atoms with Gasteiger partial charge in [0.15, 0.2) is 0 Å². The van der Waals surface area contributed by atoms with Crippen LogP contribution in [0, 0.1) is 0 Å². The van der Waals surface area contributed by atoms with Crippen molar-refractivity contribution < 1.29 is 0 Å². The van der Waals surface area contributed by atoms with Gasteiger partial charge in [-0.25, -0.2) is 5.43 Å². The molecule has 2 aromatic heterocycles. The van der Waals surface area contributed by atoms with Gasteiger partial charge in [-0.1, -0.05) is 6.07 Å². The van der Waals surface area contributed by atoms with Crippen molar-refractivity contribution in [2.45, 2.75) is 6.04 Å². The molecule has 0 amide bonds. The van der Waals surface area contributed by atoms with Crippen molar-refractivity contribution in [1.82, 2.24) is 25.8 Å². The van der Waals surface area contributed by atoms with E-state index in [-0.39, 0.29) is 6.04 Å². The molecule has 4 N–H and O–H groups in total. The van der Waals surface area contributed by atoms with E-state index in [0.29, 0.717) is 0 Å². The number of hydrazine groups is 1. The number of nitrogens with one attached hydrogen (secondary N) is 2. The van der Waals surface area contributed by atoms with E-state index in [1.807, 2.05) is 12.1 Å². The van der Waals surface area contributed by atoms with Gasteiger partial charge < -0.3 is 0 Å². The lowest BCUT2D eigenvalue weighted by Gasteiger charge is -2.11. The number of hydrogen-bond acceptors (Lipinski definition) is 5. The summed E-state index contributed by atoms with van der Waals surface area (Å²) < 4.78 is 0. The topological polar surface area (TPSA) is 92.5 Å². The van der Waals surface area contributed by atoms with Gasteiger partial charge in [-0.2, -0.15) is 15.4 Å². The second-order valence-electron chi connectivity index (χ2n) is 2.78. The molecule has 2 rings (SSSR count). The zero-order chi connectivity index (χ0) is 9.80. The Morgan fingerprint density at radius 2 is 2.36 bits per heavy atom. The first-order valence-electron chi connectivity index (χ1n) is 4.13. The third kappa shape index (κ3) is 1.61. The smallest absolute Gasteiger partial charge is 0.105 e. The van der Waals surface area contributed by atoms with Gasteiger partial charge in [0, 0.05) is 12.4 Å². The number of hydrogen-bond donors (Lipinski definition) is 3. The SMILES string of the molecule is NNC(c1cccnc1)c1cn[nH]n1. The summed E-state index contributed by atoms with van der Waals surface area (Å²) in [6.45, 7) is 0. The molecule has 0 bridgehead atoms. The van der Waals surface area contributed by atoms with E-state index in [0.717, 1.165) is 11.3 Å². The highest BCUT2D eigenvalue weighted by atomic mass is 15.3. The summed E-state index contributed by atoms with van der Waals surface area (Å²) in [6, 6.07) is 3.59. The Kier molecular flexibility index (Phi) is 2.48. The Hall–Kier alpha value is -1.79. The molecular weight excluding hydrogens is 180 g/mol. The fourth-order valence-corrected chi connectivity index (χ4v) is 1.25. The summed E-state index contributed by atoms with van der Waals surface area (Å²) in [6.07, 6.45) is 5.07.